The Morgan fingerprint density at radius 1 is 1.07 bits per heavy atom. The van der Waals surface area contributed by atoms with Crippen LogP contribution in [0.2, 0.25) is 0 Å². The zero-order valence-corrected chi connectivity index (χ0v) is 16.1. The number of unbranched alkanes of at least 4 members (excludes halogenated alkanes) is 3. The van der Waals surface area contributed by atoms with Crippen LogP contribution in [-0.2, 0) is 0 Å². The molecule has 0 radical (unpaired) electrons. The summed E-state index contributed by atoms with van der Waals surface area (Å²) in [5, 5.41) is 8.83. The molecule has 1 aromatic carbocycles. The van der Waals surface area contributed by atoms with Crippen molar-refractivity contribution in [1.29, 1.82) is 5.26 Å². The maximum atomic E-state index is 13.8. The van der Waals surface area contributed by atoms with Crippen molar-refractivity contribution in [3.63, 3.8) is 0 Å². The van der Waals surface area contributed by atoms with E-state index in [0.29, 0.717) is 17.3 Å². The predicted octanol–water partition coefficient (Wildman–Crippen LogP) is 6.40. The zero-order valence-electron chi connectivity index (χ0n) is 16.1. The minimum Gasteiger partial charge on any atom is -0.236 e. The van der Waals surface area contributed by atoms with Crippen molar-refractivity contribution in [2.75, 3.05) is 0 Å². The summed E-state index contributed by atoms with van der Waals surface area (Å²) in [6.45, 7) is 2.26. The number of benzene rings is 1. The summed E-state index contributed by atoms with van der Waals surface area (Å²) < 4.78 is 13.8. The van der Waals surface area contributed by atoms with Gasteiger partial charge in [0.05, 0.1) is 5.56 Å². The third-order valence-electron chi connectivity index (χ3n) is 5.80. The largest absolute Gasteiger partial charge is 0.236 e. The van der Waals surface area contributed by atoms with Crippen molar-refractivity contribution in [3.05, 3.63) is 47.5 Å². The molecule has 1 aliphatic rings. The Morgan fingerprint density at radius 3 is 2.44 bits per heavy atom. The number of halogens is 1. The van der Waals surface area contributed by atoms with Gasteiger partial charge in [0.25, 0.3) is 0 Å². The second-order valence-corrected chi connectivity index (χ2v) is 7.71. The van der Waals surface area contributed by atoms with Crippen LogP contribution in [0.25, 0.3) is 11.4 Å². The number of nitrogens with zero attached hydrogens (tertiary/aromatic N) is 3. The van der Waals surface area contributed by atoms with E-state index >= 15 is 0 Å². The van der Waals surface area contributed by atoms with Crippen LogP contribution in [0, 0.1) is 23.1 Å². The van der Waals surface area contributed by atoms with E-state index in [4.69, 9.17) is 5.26 Å². The smallest absolute Gasteiger partial charge is 0.159 e. The quantitative estimate of drug-likeness (QED) is 0.533. The van der Waals surface area contributed by atoms with Crippen LogP contribution in [0.3, 0.4) is 0 Å². The van der Waals surface area contributed by atoms with Gasteiger partial charge in [-0.05, 0) is 61.3 Å². The fraction of sp³-hybridized carbons (Fsp3) is 0.522. The van der Waals surface area contributed by atoms with Crippen molar-refractivity contribution >= 4 is 0 Å². The molecule has 0 unspecified atom stereocenters. The molecule has 0 bridgehead atoms. The number of hydrogen-bond donors (Lipinski definition) is 0. The summed E-state index contributed by atoms with van der Waals surface area (Å²) in [5.74, 6) is 1.41. The molecule has 1 saturated carbocycles. The summed E-state index contributed by atoms with van der Waals surface area (Å²) in [6, 6.07) is 6.33. The Kier molecular flexibility index (Phi) is 6.92. The minimum atomic E-state index is -0.528. The summed E-state index contributed by atoms with van der Waals surface area (Å²) in [4.78, 5) is 8.90. The van der Waals surface area contributed by atoms with Gasteiger partial charge >= 0.3 is 0 Å². The first-order chi connectivity index (χ1) is 13.2. The van der Waals surface area contributed by atoms with Crippen molar-refractivity contribution < 1.29 is 4.39 Å². The molecule has 1 aromatic heterocycles. The van der Waals surface area contributed by atoms with Crippen LogP contribution < -0.4 is 0 Å². The van der Waals surface area contributed by atoms with Gasteiger partial charge in [-0.25, -0.2) is 14.4 Å². The normalized spacial score (nSPS) is 19.6. The van der Waals surface area contributed by atoms with Gasteiger partial charge in [0.1, 0.15) is 11.9 Å². The summed E-state index contributed by atoms with van der Waals surface area (Å²) >= 11 is 0. The van der Waals surface area contributed by atoms with Crippen LogP contribution in [-0.4, -0.2) is 9.97 Å². The fourth-order valence-corrected chi connectivity index (χ4v) is 4.09. The van der Waals surface area contributed by atoms with E-state index < -0.39 is 5.82 Å². The molecule has 0 spiro atoms. The molecule has 0 aliphatic heterocycles. The van der Waals surface area contributed by atoms with Crippen molar-refractivity contribution in [3.8, 4) is 17.5 Å². The number of nitriles is 1. The van der Waals surface area contributed by atoms with Gasteiger partial charge in [-0.3, -0.25) is 0 Å². The first kappa shape index (κ1) is 19.5. The third-order valence-corrected chi connectivity index (χ3v) is 5.80. The van der Waals surface area contributed by atoms with Crippen molar-refractivity contribution in [2.45, 2.75) is 70.6 Å². The molecule has 1 aliphatic carbocycles. The lowest BCUT2D eigenvalue weighted by Crippen LogP contribution is -2.14. The van der Waals surface area contributed by atoms with Gasteiger partial charge in [-0.1, -0.05) is 39.0 Å². The van der Waals surface area contributed by atoms with E-state index in [9.17, 15) is 4.39 Å². The molecule has 142 valence electrons. The molecule has 27 heavy (non-hydrogen) atoms. The fourth-order valence-electron chi connectivity index (χ4n) is 4.09. The Labute approximate surface area is 161 Å². The van der Waals surface area contributed by atoms with E-state index in [0.717, 1.165) is 5.92 Å². The number of aromatic nitrogens is 2. The number of rotatable bonds is 7. The molecular weight excluding hydrogens is 337 g/mol. The highest BCUT2D eigenvalue weighted by Crippen LogP contribution is 2.37. The lowest BCUT2D eigenvalue weighted by Gasteiger charge is -2.28. The van der Waals surface area contributed by atoms with Crippen LogP contribution in [0.15, 0.2) is 30.6 Å². The van der Waals surface area contributed by atoms with Crippen molar-refractivity contribution in [2.24, 2.45) is 5.92 Å². The van der Waals surface area contributed by atoms with Crippen LogP contribution in [0.4, 0.5) is 4.39 Å². The Balaban J connectivity index is 1.55. The van der Waals surface area contributed by atoms with Crippen LogP contribution in [0.1, 0.15) is 81.8 Å². The predicted molar refractivity (Wildman–Crippen MR) is 106 cm³/mol. The Bertz CT molecular complexity index is 771. The molecule has 0 amide bonds. The maximum Gasteiger partial charge on any atom is 0.159 e. The topological polar surface area (TPSA) is 49.6 Å². The lowest BCUT2D eigenvalue weighted by molar-refractivity contribution is 0.301. The second-order valence-electron chi connectivity index (χ2n) is 7.71. The maximum absolute atomic E-state index is 13.8. The lowest BCUT2D eigenvalue weighted by atomic mass is 9.77. The second kappa shape index (κ2) is 9.60. The van der Waals surface area contributed by atoms with Gasteiger partial charge in [-0.15, -0.1) is 0 Å². The average molecular weight is 365 g/mol. The minimum absolute atomic E-state index is 0.0434. The average Bonchev–Trinajstić information content (AvgIpc) is 2.72. The van der Waals surface area contributed by atoms with Gasteiger partial charge in [0, 0.05) is 18.0 Å². The van der Waals surface area contributed by atoms with Crippen molar-refractivity contribution in [1.82, 2.24) is 9.97 Å². The summed E-state index contributed by atoms with van der Waals surface area (Å²) in [6.07, 6.45) is 15.6. The van der Waals surface area contributed by atoms with Gasteiger partial charge in [0.15, 0.2) is 5.82 Å². The van der Waals surface area contributed by atoms with Gasteiger partial charge in [0.2, 0.25) is 0 Å². The highest BCUT2D eigenvalue weighted by atomic mass is 19.1. The Hall–Kier alpha value is -2.28. The summed E-state index contributed by atoms with van der Waals surface area (Å²) in [5.41, 5.74) is 1.84. The highest BCUT2D eigenvalue weighted by Gasteiger charge is 2.22. The number of hydrogen-bond acceptors (Lipinski definition) is 3. The zero-order chi connectivity index (χ0) is 19.1. The molecule has 2 aromatic rings. The SMILES string of the molecule is CCCCCCC1CCC(c2cnc(-c3ccc(C#N)c(F)c3)nc2)CC1. The first-order valence-electron chi connectivity index (χ1n) is 10.2. The van der Waals surface area contributed by atoms with E-state index in [1.54, 1.807) is 6.07 Å². The Morgan fingerprint density at radius 2 is 1.81 bits per heavy atom. The van der Waals surface area contributed by atoms with E-state index in [1.165, 1.54) is 75.5 Å². The van der Waals surface area contributed by atoms with E-state index in [-0.39, 0.29) is 5.56 Å². The molecule has 0 N–H and O–H groups in total. The van der Waals surface area contributed by atoms with E-state index in [1.807, 2.05) is 18.5 Å². The van der Waals surface area contributed by atoms with E-state index in [2.05, 4.69) is 16.9 Å². The van der Waals surface area contributed by atoms with Crippen LogP contribution >= 0.6 is 0 Å². The van der Waals surface area contributed by atoms with Crippen LogP contribution in [0.5, 0.6) is 0 Å². The molecule has 3 nitrogen and oxygen atoms in total. The molecule has 1 heterocycles. The molecule has 0 atom stereocenters. The molecule has 3 rings (SSSR count). The third kappa shape index (κ3) is 5.13. The molecule has 4 heteroatoms. The molecular formula is C23H28FN3. The first-order valence-corrected chi connectivity index (χ1v) is 10.2. The van der Waals surface area contributed by atoms with Gasteiger partial charge < -0.3 is 0 Å². The molecule has 1 fully saturated rings. The molecule has 0 saturated heterocycles. The van der Waals surface area contributed by atoms with Gasteiger partial charge in [-0.2, -0.15) is 5.26 Å². The highest BCUT2D eigenvalue weighted by molar-refractivity contribution is 5.56. The monoisotopic (exact) mass is 365 g/mol. The summed E-state index contributed by atoms with van der Waals surface area (Å²) in [7, 11) is 0. The standard InChI is InChI=1S/C23H28FN3/c1-2-3-4-5-6-17-7-9-18(10-8-17)21-15-26-23(27-16-21)19-11-12-20(14-25)22(24)13-19/h11-13,15-18H,2-10H2,1H3.